The molecule has 9 heavy (non-hydrogen) atoms. The molecule has 0 aromatic carbocycles. The third-order valence-corrected chi connectivity index (χ3v) is 1.24. The number of nitrogens with one attached hydrogen (secondary N) is 1. The van der Waals surface area contributed by atoms with Crippen LogP contribution in [0.25, 0.3) is 0 Å². The summed E-state index contributed by atoms with van der Waals surface area (Å²) < 4.78 is 0. The second-order valence-corrected chi connectivity index (χ2v) is 2.14. The normalized spacial score (nSPS) is 14.8. The molecular formula is C8H15N. The number of hydrogen-bond acceptors (Lipinski definition) is 1. The van der Waals surface area contributed by atoms with Crippen LogP contribution in [0, 0.1) is 0 Å². The van der Waals surface area contributed by atoms with Crippen LogP contribution in [0.15, 0.2) is 24.4 Å². The first-order chi connectivity index (χ1) is 4.20. The zero-order chi connectivity index (χ0) is 7.28. The van der Waals surface area contributed by atoms with Crippen LogP contribution >= 0.6 is 0 Å². The Morgan fingerprint density at radius 2 is 2.22 bits per heavy atom. The second-order valence-electron chi connectivity index (χ2n) is 2.14. The van der Waals surface area contributed by atoms with Crippen molar-refractivity contribution in [2.24, 2.45) is 0 Å². The lowest BCUT2D eigenvalue weighted by Gasteiger charge is -2.09. The number of allylic oxidation sites excluding steroid dienone is 2. The van der Waals surface area contributed by atoms with Gasteiger partial charge in [-0.15, -0.1) is 6.58 Å². The van der Waals surface area contributed by atoms with Gasteiger partial charge in [0.2, 0.25) is 0 Å². The van der Waals surface area contributed by atoms with Gasteiger partial charge in [0.15, 0.2) is 0 Å². The first kappa shape index (κ1) is 8.28. The van der Waals surface area contributed by atoms with Crippen LogP contribution in [-0.4, -0.2) is 6.04 Å². The third kappa shape index (κ3) is 3.83. The molecule has 1 unspecified atom stereocenters. The first-order valence-corrected chi connectivity index (χ1v) is 3.22. The molecule has 0 aliphatic carbocycles. The van der Waals surface area contributed by atoms with E-state index in [1.54, 1.807) is 0 Å². The van der Waals surface area contributed by atoms with Crippen molar-refractivity contribution in [3.05, 3.63) is 24.4 Å². The highest BCUT2D eigenvalue weighted by atomic mass is 14.9. The van der Waals surface area contributed by atoms with Crippen molar-refractivity contribution in [1.82, 2.24) is 5.32 Å². The average molecular weight is 125 g/mol. The van der Waals surface area contributed by atoms with Gasteiger partial charge in [0.25, 0.3) is 0 Å². The average Bonchev–Trinajstić information content (AvgIpc) is 1.87. The van der Waals surface area contributed by atoms with Gasteiger partial charge in [-0.3, -0.25) is 0 Å². The van der Waals surface area contributed by atoms with Crippen LogP contribution in [0.5, 0.6) is 0 Å². The Bertz CT molecular complexity index is 114. The zero-order valence-corrected chi connectivity index (χ0v) is 6.44. The lowest BCUT2D eigenvalue weighted by molar-refractivity contribution is 0.728. The Morgan fingerprint density at radius 3 is 2.56 bits per heavy atom. The summed E-state index contributed by atoms with van der Waals surface area (Å²) in [6.45, 7) is 9.78. The molecule has 0 aromatic heterocycles. The van der Waals surface area contributed by atoms with E-state index in [1.165, 1.54) is 5.70 Å². The quantitative estimate of drug-likeness (QED) is 0.569. The lowest BCUT2D eigenvalue weighted by Crippen LogP contribution is -2.21. The van der Waals surface area contributed by atoms with Gasteiger partial charge in [-0.2, -0.15) is 0 Å². The standard InChI is InChI=1S/C8H15N/c1-5-7(3)9-8(4)6-2/h5-7,9H,1H2,2-4H3/b8-6+. The highest BCUT2D eigenvalue weighted by Gasteiger charge is 1.90. The van der Waals surface area contributed by atoms with Crippen molar-refractivity contribution in [3.63, 3.8) is 0 Å². The summed E-state index contributed by atoms with van der Waals surface area (Å²) in [4.78, 5) is 0. The van der Waals surface area contributed by atoms with Crippen LogP contribution in [-0.2, 0) is 0 Å². The van der Waals surface area contributed by atoms with E-state index < -0.39 is 0 Å². The van der Waals surface area contributed by atoms with Gasteiger partial charge in [0, 0.05) is 11.7 Å². The molecule has 1 atom stereocenters. The molecule has 1 N–H and O–H groups in total. The maximum Gasteiger partial charge on any atom is 0.0410 e. The van der Waals surface area contributed by atoms with Gasteiger partial charge in [-0.05, 0) is 20.8 Å². The fourth-order valence-corrected chi connectivity index (χ4v) is 0.501. The van der Waals surface area contributed by atoms with E-state index in [1.807, 2.05) is 26.0 Å². The predicted octanol–water partition coefficient (Wildman–Crippen LogP) is 2.07. The molecule has 0 amide bonds. The molecule has 0 saturated heterocycles. The molecule has 0 bridgehead atoms. The Balaban J connectivity index is 3.59. The van der Waals surface area contributed by atoms with Gasteiger partial charge in [-0.25, -0.2) is 0 Å². The van der Waals surface area contributed by atoms with Crippen molar-refractivity contribution in [1.29, 1.82) is 0 Å². The van der Waals surface area contributed by atoms with Crippen LogP contribution in [0.4, 0.5) is 0 Å². The summed E-state index contributed by atoms with van der Waals surface area (Å²) >= 11 is 0. The van der Waals surface area contributed by atoms with Crippen LogP contribution in [0.1, 0.15) is 20.8 Å². The molecule has 0 saturated carbocycles. The Morgan fingerprint density at radius 1 is 1.67 bits per heavy atom. The topological polar surface area (TPSA) is 12.0 Å². The minimum atomic E-state index is 0.376. The minimum absolute atomic E-state index is 0.376. The molecule has 0 aliphatic heterocycles. The maximum absolute atomic E-state index is 3.66. The molecule has 52 valence electrons. The van der Waals surface area contributed by atoms with Crippen molar-refractivity contribution in [2.75, 3.05) is 0 Å². The van der Waals surface area contributed by atoms with E-state index in [4.69, 9.17) is 0 Å². The van der Waals surface area contributed by atoms with Gasteiger partial charge in [-0.1, -0.05) is 12.2 Å². The summed E-state index contributed by atoms with van der Waals surface area (Å²) in [5.74, 6) is 0. The van der Waals surface area contributed by atoms with E-state index in [-0.39, 0.29) is 0 Å². The highest BCUT2D eigenvalue weighted by Crippen LogP contribution is 1.89. The summed E-state index contributed by atoms with van der Waals surface area (Å²) in [6, 6.07) is 0.376. The minimum Gasteiger partial charge on any atom is -0.383 e. The summed E-state index contributed by atoms with van der Waals surface area (Å²) in [5.41, 5.74) is 1.20. The van der Waals surface area contributed by atoms with Crippen LogP contribution < -0.4 is 5.32 Å². The van der Waals surface area contributed by atoms with Crippen molar-refractivity contribution < 1.29 is 0 Å². The monoisotopic (exact) mass is 125 g/mol. The fourth-order valence-electron chi connectivity index (χ4n) is 0.501. The largest absolute Gasteiger partial charge is 0.383 e. The van der Waals surface area contributed by atoms with E-state index in [0.717, 1.165) is 0 Å². The molecule has 0 heterocycles. The van der Waals surface area contributed by atoms with Crippen LogP contribution in [0.2, 0.25) is 0 Å². The zero-order valence-electron chi connectivity index (χ0n) is 6.44. The van der Waals surface area contributed by atoms with Gasteiger partial charge < -0.3 is 5.32 Å². The lowest BCUT2D eigenvalue weighted by atomic mass is 10.3. The fraction of sp³-hybridized carbons (Fsp3) is 0.500. The molecular weight excluding hydrogens is 110 g/mol. The van der Waals surface area contributed by atoms with E-state index in [2.05, 4.69) is 18.8 Å². The van der Waals surface area contributed by atoms with E-state index >= 15 is 0 Å². The molecule has 0 spiro atoms. The van der Waals surface area contributed by atoms with Crippen molar-refractivity contribution in [3.8, 4) is 0 Å². The van der Waals surface area contributed by atoms with Gasteiger partial charge >= 0.3 is 0 Å². The predicted molar refractivity (Wildman–Crippen MR) is 42.2 cm³/mol. The number of hydrogen-bond donors (Lipinski definition) is 1. The second kappa shape index (κ2) is 4.19. The summed E-state index contributed by atoms with van der Waals surface area (Å²) in [6.07, 6.45) is 3.92. The Labute approximate surface area is 57.5 Å². The highest BCUT2D eigenvalue weighted by molar-refractivity contribution is 4.98. The van der Waals surface area contributed by atoms with Crippen molar-refractivity contribution >= 4 is 0 Å². The Kier molecular flexibility index (Phi) is 3.85. The molecule has 0 rings (SSSR count). The smallest absolute Gasteiger partial charge is 0.0410 e. The van der Waals surface area contributed by atoms with Gasteiger partial charge in [0.05, 0.1) is 0 Å². The summed E-state index contributed by atoms with van der Waals surface area (Å²) in [5, 5.41) is 3.22. The molecule has 1 heteroatoms. The molecule has 0 aliphatic rings. The molecule has 1 nitrogen and oxygen atoms in total. The Hall–Kier alpha value is -0.720. The maximum atomic E-state index is 3.66. The van der Waals surface area contributed by atoms with Crippen molar-refractivity contribution in [2.45, 2.75) is 26.8 Å². The van der Waals surface area contributed by atoms with E-state index in [0.29, 0.717) is 6.04 Å². The summed E-state index contributed by atoms with van der Waals surface area (Å²) in [7, 11) is 0. The van der Waals surface area contributed by atoms with E-state index in [9.17, 15) is 0 Å². The first-order valence-electron chi connectivity index (χ1n) is 3.22. The SMILES string of the molecule is C=CC(C)N/C(C)=C/C. The van der Waals surface area contributed by atoms with Crippen LogP contribution in [0.3, 0.4) is 0 Å². The number of rotatable bonds is 3. The third-order valence-electron chi connectivity index (χ3n) is 1.24. The molecule has 0 fully saturated rings. The molecule has 0 aromatic rings. The van der Waals surface area contributed by atoms with Gasteiger partial charge in [0.1, 0.15) is 0 Å². The molecule has 0 radical (unpaired) electrons.